The first-order valence-electron chi connectivity index (χ1n) is 4.91. The van der Waals surface area contributed by atoms with Gasteiger partial charge in [-0.25, -0.2) is 0 Å². The Labute approximate surface area is 97.3 Å². The van der Waals surface area contributed by atoms with E-state index in [1.54, 1.807) is 0 Å². The molecule has 90 valence electrons. The summed E-state index contributed by atoms with van der Waals surface area (Å²) < 4.78 is 0. The first-order valence-corrected chi connectivity index (χ1v) is 4.91. The summed E-state index contributed by atoms with van der Waals surface area (Å²) in [5, 5.41) is 24.2. The number of hydrogen-bond donors (Lipinski definition) is 3. The monoisotopic (exact) mass is 236 g/mol. The van der Waals surface area contributed by atoms with E-state index < -0.39 is 12.0 Å². The van der Waals surface area contributed by atoms with E-state index in [2.05, 4.69) is 15.3 Å². The van der Waals surface area contributed by atoms with E-state index in [4.69, 9.17) is 15.7 Å². The molecule has 0 aromatic heterocycles. The largest absolute Gasteiger partial charge is 0.508 e. The highest BCUT2D eigenvalue weighted by Crippen LogP contribution is 2.16. The van der Waals surface area contributed by atoms with Crippen LogP contribution in [0.1, 0.15) is 11.6 Å². The Bertz CT molecular complexity index is 426. The molecule has 1 rings (SSSR count). The number of aliphatic carboxylic acids is 1. The SMILES string of the molecule is [N-]=[N+]=NCCNC(C(=O)O)c1ccc(O)cc1. The van der Waals surface area contributed by atoms with E-state index in [-0.39, 0.29) is 18.8 Å². The van der Waals surface area contributed by atoms with Crippen molar-refractivity contribution in [2.45, 2.75) is 6.04 Å². The summed E-state index contributed by atoms with van der Waals surface area (Å²) in [7, 11) is 0. The fourth-order valence-electron chi connectivity index (χ4n) is 1.32. The first kappa shape index (κ1) is 12.8. The van der Waals surface area contributed by atoms with Crippen molar-refractivity contribution in [3.8, 4) is 5.75 Å². The van der Waals surface area contributed by atoms with Gasteiger partial charge in [-0.05, 0) is 23.2 Å². The maximum atomic E-state index is 11.0. The lowest BCUT2D eigenvalue weighted by atomic mass is 10.1. The highest BCUT2D eigenvalue weighted by atomic mass is 16.4. The van der Waals surface area contributed by atoms with Gasteiger partial charge in [0.15, 0.2) is 0 Å². The topological polar surface area (TPSA) is 118 Å². The van der Waals surface area contributed by atoms with Crippen LogP contribution in [-0.4, -0.2) is 29.3 Å². The third kappa shape index (κ3) is 4.02. The molecular weight excluding hydrogens is 224 g/mol. The summed E-state index contributed by atoms with van der Waals surface area (Å²) in [5.41, 5.74) is 8.60. The summed E-state index contributed by atoms with van der Waals surface area (Å²) in [4.78, 5) is 13.6. The van der Waals surface area contributed by atoms with Crippen LogP contribution in [-0.2, 0) is 4.79 Å². The number of carboxylic acids is 1. The Morgan fingerprint density at radius 1 is 1.47 bits per heavy atom. The molecule has 0 saturated carbocycles. The Hall–Kier alpha value is -2.24. The second-order valence-corrected chi connectivity index (χ2v) is 3.27. The fourth-order valence-corrected chi connectivity index (χ4v) is 1.32. The van der Waals surface area contributed by atoms with Gasteiger partial charge in [0.2, 0.25) is 0 Å². The Morgan fingerprint density at radius 2 is 2.12 bits per heavy atom. The average molecular weight is 236 g/mol. The predicted molar refractivity (Wildman–Crippen MR) is 60.5 cm³/mol. The molecule has 1 atom stereocenters. The number of nitrogens with one attached hydrogen (secondary N) is 1. The lowest BCUT2D eigenvalue weighted by Gasteiger charge is -2.13. The van der Waals surface area contributed by atoms with Crippen molar-refractivity contribution in [3.63, 3.8) is 0 Å². The molecule has 0 fully saturated rings. The first-order chi connectivity index (χ1) is 8.15. The quantitative estimate of drug-likeness (QED) is 0.299. The van der Waals surface area contributed by atoms with Gasteiger partial charge in [0.25, 0.3) is 0 Å². The number of phenols is 1. The average Bonchev–Trinajstić information content (AvgIpc) is 2.30. The second-order valence-electron chi connectivity index (χ2n) is 3.27. The molecule has 7 heteroatoms. The minimum absolute atomic E-state index is 0.0759. The molecule has 1 aromatic carbocycles. The highest BCUT2D eigenvalue weighted by molar-refractivity contribution is 5.75. The van der Waals surface area contributed by atoms with Crippen LogP contribution in [0.5, 0.6) is 5.75 Å². The van der Waals surface area contributed by atoms with Gasteiger partial charge in [0.1, 0.15) is 11.8 Å². The number of carboxylic acid groups (broad SMARTS) is 1. The standard InChI is InChI=1S/C10H12N4O3/c11-14-13-6-5-12-9(10(16)17)7-1-3-8(15)4-2-7/h1-4,9,12,15H,5-6H2,(H,16,17). The van der Waals surface area contributed by atoms with Crippen LogP contribution in [0.2, 0.25) is 0 Å². The summed E-state index contributed by atoms with van der Waals surface area (Å²) in [6, 6.07) is 4.99. The third-order valence-electron chi connectivity index (χ3n) is 2.10. The molecule has 0 aliphatic carbocycles. The van der Waals surface area contributed by atoms with Crippen molar-refractivity contribution in [1.82, 2.24) is 5.32 Å². The number of phenolic OH excluding ortho intramolecular Hbond substituents is 1. The third-order valence-corrected chi connectivity index (χ3v) is 2.10. The zero-order valence-corrected chi connectivity index (χ0v) is 8.95. The predicted octanol–water partition coefficient (Wildman–Crippen LogP) is 1.42. The molecule has 0 heterocycles. The van der Waals surface area contributed by atoms with E-state index in [9.17, 15) is 4.79 Å². The van der Waals surface area contributed by atoms with Crippen LogP contribution in [0.25, 0.3) is 10.4 Å². The van der Waals surface area contributed by atoms with Gasteiger partial charge in [-0.15, -0.1) is 0 Å². The summed E-state index contributed by atoms with van der Waals surface area (Å²) in [6.07, 6.45) is 0. The highest BCUT2D eigenvalue weighted by Gasteiger charge is 2.18. The molecule has 1 aromatic rings. The molecule has 0 amide bonds. The number of hydrogen-bond acceptors (Lipinski definition) is 4. The summed E-state index contributed by atoms with van der Waals surface area (Å²) in [6.45, 7) is 0.445. The maximum absolute atomic E-state index is 11.0. The molecule has 0 saturated heterocycles. The van der Waals surface area contributed by atoms with Gasteiger partial charge >= 0.3 is 5.97 Å². The second kappa shape index (κ2) is 6.37. The van der Waals surface area contributed by atoms with Crippen LogP contribution in [0.15, 0.2) is 29.4 Å². The summed E-state index contributed by atoms with van der Waals surface area (Å²) in [5.74, 6) is -0.955. The van der Waals surface area contributed by atoms with Crippen molar-refractivity contribution in [1.29, 1.82) is 0 Å². The van der Waals surface area contributed by atoms with Gasteiger partial charge < -0.3 is 15.5 Å². The minimum Gasteiger partial charge on any atom is -0.508 e. The smallest absolute Gasteiger partial charge is 0.325 e. The lowest BCUT2D eigenvalue weighted by Crippen LogP contribution is -2.30. The summed E-state index contributed by atoms with van der Waals surface area (Å²) >= 11 is 0. The minimum atomic E-state index is -1.03. The molecule has 0 radical (unpaired) electrons. The Balaban J connectivity index is 2.68. The molecular formula is C10H12N4O3. The van der Waals surface area contributed by atoms with E-state index >= 15 is 0 Å². The molecule has 0 aliphatic heterocycles. The lowest BCUT2D eigenvalue weighted by molar-refractivity contribution is -0.139. The van der Waals surface area contributed by atoms with Crippen molar-refractivity contribution in [3.05, 3.63) is 40.3 Å². The normalized spacial score (nSPS) is 11.5. The molecule has 3 N–H and O–H groups in total. The number of carbonyl (C=O) groups is 1. The number of benzene rings is 1. The van der Waals surface area contributed by atoms with Crippen LogP contribution < -0.4 is 5.32 Å². The van der Waals surface area contributed by atoms with Gasteiger partial charge in [0.05, 0.1) is 0 Å². The van der Waals surface area contributed by atoms with Crippen LogP contribution in [0, 0.1) is 0 Å². The molecule has 1 unspecified atom stereocenters. The van der Waals surface area contributed by atoms with Crippen LogP contribution in [0.4, 0.5) is 0 Å². The number of aromatic hydroxyl groups is 1. The van der Waals surface area contributed by atoms with E-state index in [1.807, 2.05) is 0 Å². The molecule has 0 spiro atoms. The molecule has 7 nitrogen and oxygen atoms in total. The Kier molecular flexibility index (Phi) is 4.80. The van der Waals surface area contributed by atoms with Crippen LogP contribution >= 0.6 is 0 Å². The van der Waals surface area contributed by atoms with Crippen LogP contribution in [0.3, 0.4) is 0 Å². The number of rotatable bonds is 6. The zero-order valence-electron chi connectivity index (χ0n) is 8.95. The molecule has 0 aliphatic rings. The van der Waals surface area contributed by atoms with Crippen molar-refractivity contribution < 1.29 is 15.0 Å². The zero-order chi connectivity index (χ0) is 12.7. The van der Waals surface area contributed by atoms with E-state index in [0.717, 1.165) is 0 Å². The van der Waals surface area contributed by atoms with Gasteiger partial charge in [-0.1, -0.05) is 17.2 Å². The van der Waals surface area contributed by atoms with E-state index in [0.29, 0.717) is 5.56 Å². The fraction of sp³-hybridized carbons (Fsp3) is 0.300. The molecule has 0 bridgehead atoms. The van der Waals surface area contributed by atoms with Gasteiger partial charge in [0, 0.05) is 18.0 Å². The van der Waals surface area contributed by atoms with E-state index in [1.165, 1.54) is 24.3 Å². The number of azide groups is 1. The van der Waals surface area contributed by atoms with Gasteiger partial charge in [-0.2, -0.15) is 0 Å². The maximum Gasteiger partial charge on any atom is 0.325 e. The van der Waals surface area contributed by atoms with Crippen molar-refractivity contribution in [2.75, 3.05) is 13.1 Å². The Morgan fingerprint density at radius 3 is 2.65 bits per heavy atom. The molecule has 17 heavy (non-hydrogen) atoms. The van der Waals surface area contributed by atoms with Gasteiger partial charge in [-0.3, -0.25) is 4.79 Å². The number of nitrogens with zero attached hydrogens (tertiary/aromatic N) is 3. The van der Waals surface area contributed by atoms with Crippen molar-refractivity contribution in [2.24, 2.45) is 5.11 Å². The van der Waals surface area contributed by atoms with Crippen molar-refractivity contribution >= 4 is 5.97 Å².